The molecule has 0 spiro atoms. The monoisotopic (exact) mass is 401 g/mol. The van der Waals surface area contributed by atoms with Crippen molar-refractivity contribution < 1.29 is 19.2 Å². The fourth-order valence-electron chi connectivity index (χ4n) is 2.43. The third kappa shape index (κ3) is 5.98. The number of carbonyl (C=O) groups is 2. The normalized spacial score (nSPS) is 11.6. The Labute approximate surface area is 168 Å². The van der Waals surface area contributed by atoms with Gasteiger partial charge in [0.25, 0.3) is 5.69 Å². The lowest BCUT2D eigenvalue weighted by Gasteiger charge is -2.23. The highest BCUT2D eigenvalue weighted by molar-refractivity contribution is 5.97. The third-order valence-electron chi connectivity index (χ3n) is 4.26. The number of likely N-dealkylation sites (N-methyl/N-ethyl adjacent to an activating group) is 1. The summed E-state index contributed by atoms with van der Waals surface area (Å²) in [5.74, 6) is -0.0431. The number of nitro groups is 1. The van der Waals surface area contributed by atoms with Crippen molar-refractivity contribution in [2.24, 2.45) is 0 Å². The van der Waals surface area contributed by atoms with E-state index in [-0.39, 0.29) is 23.8 Å². The number of nitro benzene ring substituents is 1. The topological polar surface area (TPSA) is 127 Å². The summed E-state index contributed by atoms with van der Waals surface area (Å²) >= 11 is 0. The molecule has 1 unspecified atom stereocenters. The molecule has 0 bridgehead atoms. The van der Waals surface area contributed by atoms with Crippen LogP contribution >= 0.6 is 0 Å². The second kappa shape index (κ2) is 9.60. The number of nitrogens with one attached hydrogen (secondary N) is 2. The van der Waals surface area contributed by atoms with Crippen molar-refractivity contribution in [3.63, 3.8) is 0 Å². The van der Waals surface area contributed by atoms with Crippen LogP contribution in [0.25, 0.3) is 0 Å². The van der Waals surface area contributed by atoms with Gasteiger partial charge in [0.05, 0.1) is 30.3 Å². The van der Waals surface area contributed by atoms with E-state index in [2.05, 4.69) is 15.6 Å². The molecule has 0 aliphatic heterocycles. The lowest BCUT2D eigenvalue weighted by Crippen LogP contribution is -2.43. The van der Waals surface area contributed by atoms with Crippen LogP contribution in [0.1, 0.15) is 12.5 Å². The number of ether oxygens (including phenoxy) is 1. The number of rotatable bonds is 8. The molecule has 0 aliphatic carbocycles. The summed E-state index contributed by atoms with van der Waals surface area (Å²) in [4.78, 5) is 40.8. The van der Waals surface area contributed by atoms with Gasteiger partial charge in [-0.15, -0.1) is 0 Å². The van der Waals surface area contributed by atoms with Gasteiger partial charge < -0.3 is 15.4 Å². The number of benzene rings is 1. The van der Waals surface area contributed by atoms with Crippen molar-refractivity contribution in [3.05, 3.63) is 52.2 Å². The Hall–Kier alpha value is -3.53. The molecule has 1 aromatic carbocycles. The molecule has 1 atom stereocenters. The van der Waals surface area contributed by atoms with E-state index in [4.69, 9.17) is 4.74 Å². The number of non-ortho nitro benzene ring substituents is 1. The number of nitrogens with zero attached hydrogens (tertiary/aromatic N) is 3. The fraction of sp³-hybridized carbons (Fsp3) is 0.316. The minimum Gasteiger partial charge on any atom is -0.495 e. The Kier molecular flexibility index (Phi) is 7.21. The Balaban J connectivity index is 2.00. The number of amides is 2. The maximum absolute atomic E-state index is 12.6. The van der Waals surface area contributed by atoms with Crippen molar-refractivity contribution in [2.75, 3.05) is 31.3 Å². The van der Waals surface area contributed by atoms with Crippen molar-refractivity contribution in [1.82, 2.24) is 9.88 Å². The second-order valence-corrected chi connectivity index (χ2v) is 6.49. The fourth-order valence-corrected chi connectivity index (χ4v) is 2.43. The van der Waals surface area contributed by atoms with Crippen molar-refractivity contribution >= 4 is 29.0 Å². The van der Waals surface area contributed by atoms with Crippen molar-refractivity contribution in [3.8, 4) is 5.75 Å². The zero-order chi connectivity index (χ0) is 21.6. The number of methoxy groups -OCH3 is 1. The van der Waals surface area contributed by atoms with Gasteiger partial charge in [0.2, 0.25) is 11.8 Å². The van der Waals surface area contributed by atoms with Crippen LogP contribution in [0.2, 0.25) is 0 Å². The van der Waals surface area contributed by atoms with Crippen molar-refractivity contribution in [2.45, 2.75) is 19.9 Å². The summed E-state index contributed by atoms with van der Waals surface area (Å²) in [6.07, 6.45) is 1.64. The summed E-state index contributed by atoms with van der Waals surface area (Å²) in [7, 11) is 3.02. The van der Waals surface area contributed by atoms with Gasteiger partial charge in [0, 0.05) is 18.3 Å². The highest BCUT2D eigenvalue weighted by Crippen LogP contribution is 2.29. The molecule has 2 amide bonds. The van der Waals surface area contributed by atoms with E-state index in [0.717, 1.165) is 5.56 Å². The standard InChI is InChI=1S/C19H23N5O5/c1-12-5-8-17(20-10-12)22-18(25)11-23(3)13(2)19(26)21-15-9-14(24(27)28)6-7-16(15)29-4/h5-10,13H,11H2,1-4H3,(H,21,26)(H,20,22,25). The van der Waals surface area contributed by atoms with E-state index >= 15 is 0 Å². The zero-order valence-electron chi connectivity index (χ0n) is 16.6. The summed E-state index contributed by atoms with van der Waals surface area (Å²) < 4.78 is 5.14. The highest BCUT2D eigenvalue weighted by atomic mass is 16.6. The molecule has 10 nitrogen and oxygen atoms in total. The van der Waals surface area contributed by atoms with E-state index in [9.17, 15) is 19.7 Å². The largest absolute Gasteiger partial charge is 0.495 e. The smallest absolute Gasteiger partial charge is 0.271 e. The maximum atomic E-state index is 12.6. The summed E-state index contributed by atoms with van der Waals surface area (Å²) in [5, 5.41) is 16.2. The molecule has 0 radical (unpaired) electrons. The third-order valence-corrected chi connectivity index (χ3v) is 4.26. The Morgan fingerprint density at radius 3 is 2.59 bits per heavy atom. The molecule has 0 aliphatic rings. The Bertz CT molecular complexity index is 900. The molecule has 2 aromatic rings. The lowest BCUT2D eigenvalue weighted by atomic mass is 10.2. The van der Waals surface area contributed by atoms with Crippen LogP contribution in [0.15, 0.2) is 36.5 Å². The quantitative estimate of drug-likeness (QED) is 0.513. The molecular weight excluding hydrogens is 378 g/mol. The van der Waals surface area contributed by atoms with Crippen molar-refractivity contribution in [1.29, 1.82) is 0 Å². The molecule has 10 heteroatoms. The van der Waals surface area contributed by atoms with Gasteiger partial charge in [-0.25, -0.2) is 4.98 Å². The average Bonchev–Trinajstić information content (AvgIpc) is 2.68. The number of aryl methyl sites for hydroxylation is 1. The molecule has 2 rings (SSSR count). The molecule has 0 saturated carbocycles. The summed E-state index contributed by atoms with van der Waals surface area (Å²) in [6, 6.07) is 6.75. The van der Waals surface area contributed by atoms with E-state index in [1.54, 1.807) is 31.1 Å². The minimum atomic E-state index is -0.685. The van der Waals surface area contributed by atoms with Crippen LogP contribution in [0, 0.1) is 17.0 Å². The number of aromatic nitrogens is 1. The summed E-state index contributed by atoms with van der Waals surface area (Å²) in [5.41, 5.74) is 0.981. The van der Waals surface area contributed by atoms with Gasteiger partial charge in [0.15, 0.2) is 0 Å². The maximum Gasteiger partial charge on any atom is 0.271 e. The molecule has 2 N–H and O–H groups in total. The predicted octanol–water partition coefficient (Wildman–Crippen LogP) is 2.20. The van der Waals surface area contributed by atoms with Gasteiger partial charge in [-0.1, -0.05) is 6.07 Å². The number of pyridine rings is 1. The summed E-state index contributed by atoms with van der Waals surface area (Å²) in [6.45, 7) is 3.47. The molecule has 154 valence electrons. The van der Waals surface area contributed by atoms with Crippen LogP contribution in [0.3, 0.4) is 0 Å². The number of hydrogen-bond donors (Lipinski definition) is 2. The average molecular weight is 401 g/mol. The predicted molar refractivity (Wildman–Crippen MR) is 108 cm³/mol. The zero-order valence-corrected chi connectivity index (χ0v) is 16.6. The first kappa shape index (κ1) is 21.8. The van der Waals surface area contributed by atoms with E-state index in [1.807, 2.05) is 13.0 Å². The SMILES string of the molecule is COc1ccc([N+](=O)[O-])cc1NC(=O)C(C)N(C)CC(=O)Nc1ccc(C)cn1. The van der Waals surface area contributed by atoms with Gasteiger partial charge >= 0.3 is 0 Å². The van der Waals surface area contributed by atoms with Gasteiger partial charge in [-0.2, -0.15) is 0 Å². The van der Waals surface area contributed by atoms with Crippen LogP contribution in [-0.2, 0) is 9.59 Å². The second-order valence-electron chi connectivity index (χ2n) is 6.49. The first-order valence-electron chi connectivity index (χ1n) is 8.77. The number of anilines is 2. The molecule has 0 fully saturated rings. The molecule has 0 saturated heterocycles. The van der Waals surface area contributed by atoms with E-state index < -0.39 is 16.9 Å². The minimum absolute atomic E-state index is 0.0454. The van der Waals surface area contributed by atoms with E-state index in [1.165, 1.54) is 25.3 Å². The van der Waals surface area contributed by atoms with Crippen LogP contribution < -0.4 is 15.4 Å². The highest BCUT2D eigenvalue weighted by Gasteiger charge is 2.22. The van der Waals surface area contributed by atoms with E-state index in [0.29, 0.717) is 11.6 Å². The molecular formula is C19H23N5O5. The first-order chi connectivity index (χ1) is 13.7. The van der Waals surface area contributed by atoms with Gasteiger partial charge in [-0.05, 0) is 38.6 Å². The van der Waals surface area contributed by atoms with Crippen LogP contribution in [-0.4, -0.2) is 53.4 Å². The number of hydrogen-bond acceptors (Lipinski definition) is 7. The Morgan fingerprint density at radius 2 is 2.00 bits per heavy atom. The van der Waals surface area contributed by atoms with Crippen LogP contribution in [0.4, 0.5) is 17.2 Å². The lowest BCUT2D eigenvalue weighted by molar-refractivity contribution is -0.384. The Morgan fingerprint density at radius 1 is 1.28 bits per heavy atom. The number of carbonyl (C=O) groups excluding carboxylic acids is 2. The molecule has 1 aromatic heterocycles. The van der Waals surface area contributed by atoms with Crippen LogP contribution in [0.5, 0.6) is 5.75 Å². The van der Waals surface area contributed by atoms with Gasteiger partial charge in [-0.3, -0.25) is 24.6 Å². The molecule has 29 heavy (non-hydrogen) atoms. The first-order valence-corrected chi connectivity index (χ1v) is 8.77. The molecule has 1 heterocycles. The van der Waals surface area contributed by atoms with Gasteiger partial charge in [0.1, 0.15) is 11.6 Å².